The van der Waals surface area contributed by atoms with Crippen LogP contribution in [0.4, 0.5) is 18.9 Å². The smallest absolute Gasteiger partial charge is 0.367 e. The van der Waals surface area contributed by atoms with Gasteiger partial charge in [0.15, 0.2) is 5.72 Å². The summed E-state index contributed by atoms with van der Waals surface area (Å²) in [4.78, 5) is 5.09. The second kappa shape index (κ2) is 4.70. The van der Waals surface area contributed by atoms with E-state index in [9.17, 15) is 18.3 Å². The summed E-state index contributed by atoms with van der Waals surface area (Å²) >= 11 is 4.39. The number of nitrogens with two attached hydrogens (primary N) is 1. The predicted molar refractivity (Wildman–Crippen MR) is 78.5 cm³/mol. The lowest BCUT2D eigenvalue weighted by atomic mass is 9.96. The molecule has 0 fully saturated rings. The monoisotopic (exact) mass is 376 g/mol. The lowest BCUT2D eigenvalue weighted by molar-refractivity contribution is -0.0895. The number of hydrogen-bond donors (Lipinski definition) is 2. The zero-order valence-electron chi connectivity index (χ0n) is 10.3. The summed E-state index contributed by atoms with van der Waals surface area (Å²) in [6.07, 6.45) is -3.04. The molecule has 3 N–H and O–H groups in total. The van der Waals surface area contributed by atoms with Crippen LogP contribution in [0.3, 0.4) is 0 Å². The Labute approximate surface area is 130 Å². The van der Waals surface area contributed by atoms with Crippen LogP contribution < -0.4 is 5.73 Å². The molecule has 1 atom stereocenters. The van der Waals surface area contributed by atoms with Crippen molar-refractivity contribution in [2.45, 2.75) is 16.8 Å². The average Bonchev–Trinajstić information content (AvgIpc) is 2.34. The summed E-state index contributed by atoms with van der Waals surface area (Å²) in [5.74, 6) is 0. The van der Waals surface area contributed by atoms with Crippen LogP contribution in [-0.2, 0) is 0 Å². The summed E-state index contributed by atoms with van der Waals surface area (Å²) in [6.45, 7) is 0. The molecule has 0 saturated heterocycles. The minimum absolute atomic E-state index is 0.0234. The van der Waals surface area contributed by atoms with Crippen molar-refractivity contribution < 1.29 is 18.3 Å². The van der Waals surface area contributed by atoms with Crippen LogP contribution in [0.1, 0.15) is 0 Å². The first-order valence-corrected chi connectivity index (χ1v) is 7.38. The normalized spacial score (nSPS) is 24.6. The van der Waals surface area contributed by atoms with E-state index in [0.717, 1.165) is 22.3 Å². The SMILES string of the molecule is NC1(O)C=C(C(F)(F)F)C=C2Sc3cc(Br)ccc3N=C21. The first-order valence-electron chi connectivity index (χ1n) is 5.77. The molecule has 1 aliphatic heterocycles. The molecule has 0 spiro atoms. The van der Waals surface area contributed by atoms with Crippen molar-refractivity contribution in [2.24, 2.45) is 10.7 Å². The number of benzene rings is 1. The van der Waals surface area contributed by atoms with Crippen molar-refractivity contribution in [2.75, 3.05) is 0 Å². The van der Waals surface area contributed by atoms with E-state index in [4.69, 9.17) is 5.73 Å². The van der Waals surface area contributed by atoms with Crippen molar-refractivity contribution in [3.8, 4) is 0 Å². The predicted octanol–water partition coefficient (Wildman–Crippen LogP) is 3.66. The molecule has 0 radical (unpaired) electrons. The Bertz CT molecular complexity index is 723. The lowest BCUT2D eigenvalue weighted by Gasteiger charge is -2.31. The number of alkyl halides is 3. The van der Waals surface area contributed by atoms with Crippen LogP contribution in [-0.4, -0.2) is 22.7 Å². The van der Waals surface area contributed by atoms with Crippen LogP contribution in [0.25, 0.3) is 0 Å². The molecule has 110 valence electrons. The van der Waals surface area contributed by atoms with Crippen molar-refractivity contribution in [1.82, 2.24) is 0 Å². The second-order valence-electron chi connectivity index (χ2n) is 4.61. The molecule has 2 aliphatic rings. The molecule has 0 aromatic heterocycles. The van der Waals surface area contributed by atoms with Gasteiger partial charge in [0.1, 0.15) is 5.71 Å². The van der Waals surface area contributed by atoms with Crippen molar-refractivity contribution in [3.05, 3.63) is 45.3 Å². The first-order chi connectivity index (χ1) is 9.67. The minimum Gasteiger partial charge on any atom is -0.367 e. The minimum atomic E-state index is -4.58. The number of aliphatic hydroxyl groups is 1. The highest BCUT2D eigenvalue weighted by molar-refractivity contribution is 9.10. The highest BCUT2D eigenvalue weighted by atomic mass is 79.9. The molecule has 3 nitrogen and oxygen atoms in total. The fourth-order valence-electron chi connectivity index (χ4n) is 2.04. The van der Waals surface area contributed by atoms with Crippen molar-refractivity contribution in [1.29, 1.82) is 0 Å². The summed E-state index contributed by atoms with van der Waals surface area (Å²) in [7, 11) is 0. The number of rotatable bonds is 0. The molecular weight excluding hydrogens is 369 g/mol. The van der Waals surface area contributed by atoms with Gasteiger partial charge in [-0.2, -0.15) is 13.2 Å². The molecule has 0 saturated carbocycles. The van der Waals surface area contributed by atoms with Gasteiger partial charge in [-0.25, -0.2) is 4.99 Å². The molecule has 1 aromatic rings. The van der Waals surface area contributed by atoms with Gasteiger partial charge in [0.05, 0.1) is 11.3 Å². The van der Waals surface area contributed by atoms with Crippen LogP contribution in [0, 0.1) is 0 Å². The Morgan fingerprint density at radius 1 is 1.33 bits per heavy atom. The van der Waals surface area contributed by atoms with Gasteiger partial charge in [-0.15, -0.1) is 0 Å². The van der Waals surface area contributed by atoms with Crippen LogP contribution in [0.2, 0.25) is 0 Å². The van der Waals surface area contributed by atoms with E-state index >= 15 is 0 Å². The van der Waals surface area contributed by atoms with Crippen LogP contribution in [0.5, 0.6) is 0 Å². The number of fused-ring (bicyclic) bond motifs is 2. The third kappa shape index (κ3) is 2.68. The molecule has 0 amide bonds. The number of hydrogen-bond acceptors (Lipinski definition) is 4. The zero-order chi connectivity index (χ0) is 15.4. The molecule has 1 heterocycles. The zero-order valence-corrected chi connectivity index (χ0v) is 12.7. The molecular formula is C13H8BrF3N2OS. The van der Waals surface area contributed by atoms with E-state index in [1.54, 1.807) is 18.2 Å². The fourth-order valence-corrected chi connectivity index (χ4v) is 3.69. The van der Waals surface area contributed by atoms with E-state index in [1.807, 2.05) is 0 Å². The molecule has 0 bridgehead atoms. The van der Waals surface area contributed by atoms with Gasteiger partial charge >= 0.3 is 6.18 Å². The molecule has 21 heavy (non-hydrogen) atoms. The lowest BCUT2D eigenvalue weighted by Crippen LogP contribution is -2.49. The molecule has 8 heteroatoms. The average molecular weight is 377 g/mol. The summed E-state index contributed by atoms with van der Waals surface area (Å²) in [5, 5.41) is 10.1. The second-order valence-corrected chi connectivity index (χ2v) is 6.61. The molecule has 3 rings (SSSR count). The Morgan fingerprint density at radius 2 is 2.05 bits per heavy atom. The van der Waals surface area contributed by atoms with Crippen LogP contribution in [0.15, 0.2) is 55.2 Å². The third-order valence-electron chi connectivity index (χ3n) is 2.98. The molecule has 1 aromatic carbocycles. The Morgan fingerprint density at radius 3 is 2.71 bits per heavy atom. The third-order valence-corrected chi connectivity index (χ3v) is 4.55. The van der Waals surface area contributed by atoms with E-state index in [1.165, 1.54) is 0 Å². The molecule has 1 unspecified atom stereocenters. The van der Waals surface area contributed by atoms with Gasteiger partial charge in [-0.05, 0) is 30.4 Å². The van der Waals surface area contributed by atoms with Gasteiger partial charge in [0.2, 0.25) is 0 Å². The van der Waals surface area contributed by atoms with Crippen molar-refractivity contribution in [3.63, 3.8) is 0 Å². The number of nitrogens with zero attached hydrogens (tertiary/aromatic N) is 1. The Kier molecular flexibility index (Phi) is 3.32. The first kappa shape index (κ1) is 14.8. The number of halogens is 4. The van der Waals surface area contributed by atoms with Gasteiger partial charge in [-0.3, -0.25) is 5.73 Å². The quantitative estimate of drug-likeness (QED) is 0.679. The number of allylic oxidation sites excluding steroid dienone is 2. The standard InChI is InChI=1S/C13H8BrF3N2OS/c14-7-1-2-8-9(4-7)21-10-3-6(13(15,16)17)5-12(18,20)11(10)19-8/h1-5,20H,18H2. The highest BCUT2D eigenvalue weighted by Crippen LogP contribution is 2.46. The van der Waals surface area contributed by atoms with Crippen molar-refractivity contribution >= 4 is 39.1 Å². The van der Waals surface area contributed by atoms with Gasteiger partial charge in [-0.1, -0.05) is 27.7 Å². The summed E-state index contributed by atoms with van der Waals surface area (Å²) in [6, 6.07) is 5.21. The topological polar surface area (TPSA) is 58.6 Å². The van der Waals surface area contributed by atoms with E-state index < -0.39 is 17.5 Å². The highest BCUT2D eigenvalue weighted by Gasteiger charge is 2.42. The van der Waals surface area contributed by atoms with Gasteiger partial charge in [0, 0.05) is 14.3 Å². The van der Waals surface area contributed by atoms with E-state index in [2.05, 4.69) is 20.9 Å². The number of thioether (sulfide) groups is 1. The largest absolute Gasteiger partial charge is 0.416 e. The fraction of sp³-hybridized carbons (Fsp3) is 0.154. The Balaban J connectivity index is 2.15. The summed E-state index contributed by atoms with van der Waals surface area (Å²) in [5.41, 5.74) is 2.95. The number of aliphatic imine (C=N–C) groups is 1. The summed E-state index contributed by atoms with van der Waals surface area (Å²) < 4.78 is 39.4. The Hall–Kier alpha value is -1.09. The van der Waals surface area contributed by atoms with Gasteiger partial charge in [0.25, 0.3) is 0 Å². The van der Waals surface area contributed by atoms with Crippen LogP contribution >= 0.6 is 27.7 Å². The van der Waals surface area contributed by atoms with E-state index in [-0.39, 0.29) is 10.6 Å². The molecule has 1 aliphatic carbocycles. The maximum atomic E-state index is 12.9. The van der Waals surface area contributed by atoms with E-state index in [0.29, 0.717) is 16.7 Å². The van der Waals surface area contributed by atoms with Gasteiger partial charge < -0.3 is 5.11 Å². The maximum absolute atomic E-state index is 12.9. The maximum Gasteiger partial charge on any atom is 0.416 e.